The van der Waals surface area contributed by atoms with Gasteiger partial charge in [0, 0.05) is 0 Å². The maximum atomic E-state index is 8.52. The number of rotatable bonds is 0. The highest BCUT2D eigenvalue weighted by molar-refractivity contribution is 4.54. The minimum Gasteiger partial charge on any atom is -0.376 e. The number of nitrogens with zero attached hydrogens (tertiary/aromatic N) is 1. The number of nitrogens with one attached hydrogen (secondary N) is 2. The van der Waals surface area contributed by atoms with Crippen molar-refractivity contribution in [2.75, 3.05) is 6.54 Å². The average Bonchev–Trinajstić information content (AvgIpc) is 1.87. The van der Waals surface area contributed by atoms with Crippen molar-refractivity contribution < 1.29 is 10.3 Å². The van der Waals surface area contributed by atoms with E-state index in [1.807, 2.05) is 0 Å². The Hall–Kier alpha value is -0.200. The summed E-state index contributed by atoms with van der Waals surface area (Å²) in [5, 5.41) is 17.7. The van der Waals surface area contributed by atoms with Crippen molar-refractivity contribution in [1.82, 2.24) is 16.1 Å². The molecule has 0 spiro atoms. The summed E-state index contributed by atoms with van der Waals surface area (Å²) in [6.07, 6.45) is -0.662. The number of hydrazine groups is 2. The number of aliphatic hydroxyl groups excluding tert-OH is 1. The molecule has 1 rings (SSSR count). The summed E-state index contributed by atoms with van der Waals surface area (Å²) >= 11 is 0. The molecule has 1 atom stereocenters. The third-order valence-corrected chi connectivity index (χ3v) is 0.706. The normalized spacial score (nSPS) is 34.3. The first-order valence-electron chi connectivity index (χ1n) is 1.94. The average molecular weight is 105 g/mol. The first-order valence-corrected chi connectivity index (χ1v) is 1.94. The van der Waals surface area contributed by atoms with Gasteiger partial charge in [0.1, 0.15) is 6.23 Å². The van der Waals surface area contributed by atoms with Crippen LogP contribution in [0.1, 0.15) is 0 Å². The molecule has 1 aliphatic rings. The Morgan fingerprint density at radius 2 is 2.43 bits per heavy atom. The Bertz CT molecular complexity index is 60.0. The van der Waals surface area contributed by atoms with Gasteiger partial charge in [0.15, 0.2) is 0 Å². The number of hydrogen-bond donors (Lipinski definition) is 4. The molecule has 0 bridgehead atoms. The van der Waals surface area contributed by atoms with Gasteiger partial charge in [-0.3, -0.25) is 5.21 Å². The molecule has 0 aromatic heterocycles. The fourth-order valence-electron chi connectivity index (χ4n) is 0.404. The monoisotopic (exact) mass is 105 g/mol. The minimum atomic E-state index is -0.662. The number of β-amino-alcohol motifs (C(OH)–C–C–N with tert-alkyl or cyclic N) is 1. The van der Waals surface area contributed by atoms with E-state index in [2.05, 4.69) is 11.0 Å². The van der Waals surface area contributed by atoms with Crippen molar-refractivity contribution >= 4 is 0 Å². The summed E-state index contributed by atoms with van der Waals surface area (Å²) in [6, 6.07) is 0. The lowest BCUT2D eigenvalue weighted by atomic mass is 10.6. The molecule has 0 aromatic rings. The van der Waals surface area contributed by atoms with Gasteiger partial charge in [-0.25, -0.2) is 5.43 Å². The zero-order chi connectivity index (χ0) is 5.28. The highest BCUT2D eigenvalue weighted by atomic mass is 16.6. The molecule has 0 aliphatic carbocycles. The predicted molar refractivity (Wildman–Crippen MR) is 20.8 cm³/mol. The molecule has 5 nitrogen and oxygen atoms in total. The molecule has 4 N–H and O–H groups in total. The fourth-order valence-corrected chi connectivity index (χ4v) is 0.404. The second kappa shape index (κ2) is 1.73. The van der Waals surface area contributed by atoms with Crippen molar-refractivity contribution in [2.24, 2.45) is 0 Å². The maximum absolute atomic E-state index is 8.52. The van der Waals surface area contributed by atoms with Crippen LogP contribution in [0.3, 0.4) is 0 Å². The quantitative estimate of drug-likeness (QED) is 0.287. The topological polar surface area (TPSA) is 67.8 Å². The maximum Gasteiger partial charge on any atom is 0.135 e. The molecule has 42 valence electrons. The van der Waals surface area contributed by atoms with E-state index in [0.29, 0.717) is 0 Å². The molecule has 1 fully saturated rings. The van der Waals surface area contributed by atoms with E-state index < -0.39 is 6.23 Å². The van der Waals surface area contributed by atoms with Crippen molar-refractivity contribution in [3.05, 3.63) is 0 Å². The third-order valence-electron chi connectivity index (χ3n) is 0.706. The Labute approximate surface area is 40.4 Å². The van der Waals surface area contributed by atoms with Crippen molar-refractivity contribution in [1.29, 1.82) is 0 Å². The predicted octanol–water partition coefficient (Wildman–Crippen LogP) is -1.98. The van der Waals surface area contributed by atoms with E-state index >= 15 is 0 Å². The number of hydrogen-bond acceptors (Lipinski definition) is 5. The van der Waals surface area contributed by atoms with E-state index in [-0.39, 0.29) is 6.54 Å². The van der Waals surface area contributed by atoms with Gasteiger partial charge in [0.05, 0.1) is 6.54 Å². The lowest BCUT2D eigenvalue weighted by Crippen LogP contribution is -2.34. The molecule has 5 heteroatoms. The van der Waals surface area contributed by atoms with Gasteiger partial charge < -0.3 is 5.11 Å². The standard InChI is InChI=1S/C2H7N3O2/c6-2-1-5(7)4-3-2/h2-4,6-7H,1H2. The highest BCUT2D eigenvalue weighted by Gasteiger charge is 2.15. The molecule has 1 heterocycles. The van der Waals surface area contributed by atoms with Gasteiger partial charge in [0.25, 0.3) is 0 Å². The first-order chi connectivity index (χ1) is 3.29. The van der Waals surface area contributed by atoms with Gasteiger partial charge >= 0.3 is 0 Å². The number of hydroxylamine groups is 1. The zero-order valence-corrected chi connectivity index (χ0v) is 3.63. The molecule has 1 aliphatic heterocycles. The molecule has 7 heavy (non-hydrogen) atoms. The molecule has 0 aromatic carbocycles. The summed E-state index contributed by atoms with van der Waals surface area (Å²) in [7, 11) is 0. The van der Waals surface area contributed by atoms with Crippen LogP contribution >= 0.6 is 0 Å². The third kappa shape index (κ3) is 1.08. The van der Waals surface area contributed by atoms with Crippen LogP contribution in [0, 0.1) is 0 Å². The van der Waals surface area contributed by atoms with Gasteiger partial charge in [0.2, 0.25) is 0 Å². The molecular formula is C2H7N3O2. The zero-order valence-electron chi connectivity index (χ0n) is 3.63. The fraction of sp³-hybridized carbons (Fsp3) is 1.00. The Balaban J connectivity index is 2.26. The van der Waals surface area contributed by atoms with Crippen LogP contribution in [0.25, 0.3) is 0 Å². The second-order valence-corrected chi connectivity index (χ2v) is 1.35. The van der Waals surface area contributed by atoms with Gasteiger partial charge in [-0.1, -0.05) is 0 Å². The molecule has 0 saturated carbocycles. The van der Waals surface area contributed by atoms with Gasteiger partial charge in [-0.05, 0) is 0 Å². The highest BCUT2D eigenvalue weighted by Crippen LogP contribution is 1.84. The van der Waals surface area contributed by atoms with Gasteiger partial charge in [-0.15, -0.1) is 5.17 Å². The lowest BCUT2D eigenvalue weighted by Gasteiger charge is -1.99. The molecule has 1 unspecified atom stereocenters. The van der Waals surface area contributed by atoms with Crippen LogP contribution in [-0.2, 0) is 0 Å². The van der Waals surface area contributed by atoms with Crippen LogP contribution in [0.15, 0.2) is 0 Å². The number of aliphatic hydroxyl groups is 1. The SMILES string of the molecule is OC1CN(O)NN1. The molecule has 0 radical (unpaired) electrons. The van der Waals surface area contributed by atoms with E-state index in [1.165, 1.54) is 0 Å². The minimum absolute atomic E-state index is 0.194. The van der Waals surface area contributed by atoms with Crippen LogP contribution in [0.4, 0.5) is 0 Å². The summed E-state index contributed by atoms with van der Waals surface area (Å²) in [5.41, 5.74) is 4.61. The van der Waals surface area contributed by atoms with E-state index in [9.17, 15) is 0 Å². The lowest BCUT2D eigenvalue weighted by molar-refractivity contribution is -0.120. The molecular weight excluding hydrogens is 98.0 g/mol. The van der Waals surface area contributed by atoms with Crippen LogP contribution < -0.4 is 11.0 Å². The van der Waals surface area contributed by atoms with Gasteiger partial charge in [-0.2, -0.15) is 5.53 Å². The largest absolute Gasteiger partial charge is 0.376 e. The first kappa shape index (κ1) is 4.95. The van der Waals surface area contributed by atoms with E-state index in [1.54, 1.807) is 0 Å². The Morgan fingerprint density at radius 3 is 2.57 bits per heavy atom. The summed E-state index contributed by atoms with van der Waals surface area (Å²) in [4.78, 5) is 0. The molecule has 1 saturated heterocycles. The van der Waals surface area contributed by atoms with Crippen molar-refractivity contribution in [2.45, 2.75) is 6.23 Å². The van der Waals surface area contributed by atoms with Crippen LogP contribution in [0.2, 0.25) is 0 Å². The summed E-state index contributed by atoms with van der Waals surface area (Å²) in [5.74, 6) is 0. The van der Waals surface area contributed by atoms with Crippen molar-refractivity contribution in [3.8, 4) is 0 Å². The Morgan fingerprint density at radius 1 is 1.71 bits per heavy atom. The smallest absolute Gasteiger partial charge is 0.135 e. The summed E-state index contributed by atoms with van der Waals surface area (Å²) in [6.45, 7) is 0.194. The van der Waals surface area contributed by atoms with Crippen LogP contribution in [0.5, 0.6) is 0 Å². The Kier molecular flexibility index (Phi) is 1.22. The van der Waals surface area contributed by atoms with Crippen molar-refractivity contribution in [3.63, 3.8) is 0 Å². The molecule has 0 amide bonds. The van der Waals surface area contributed by atoms with Crippen LogP contribution in [-0.4, -0.2) is 28.3 Å². The van der Waals surface area contributed by atoms with E-state index in [0.717, 1.165) is 5.17 Å². The van der Waals surface area contributed by atoms with E-state index in [4.69, 9.17) is 10.3 Å². The second-order valence-electron chi connectivity index (χ2n) is 1.35. The summed E-state index contributed by atoms with van der Waals surface area (Å²) < 4.78 is 0.